The van der Waals surface area contributed by atoms with Gasteiger partial charge < -0.3 is 15.0 Å². The average molecular weight is 498 g/mol. The minimum absolute atomic E-state index is 0.0185. The second-order valence-corrected chi connectivity index (χ2v) is 9.65. The third-order valence-electron chi connectivity index (χ3n) is 6.87. The van der Waals surface area contributed by atoms with Crippen LogP contribution in [0.3, 0.4) is 0 Å². The van der Waals surface area contributed by atoms with Crippen LogP contribution < -0.4 is 10.1 Å². The van der Waals surface area contributed by atoms with Crippen molar-refractivity contribution in [3.8, 4) is 5.75 Å². The van der Waals surface area contributed by atoms with Gasteiger partial charge in [-0.3, -0.25) is 9.78 Å². The van der Waals surface area contributed by atoms with Gasteiger partial charge in [-0.05, 0) is 63.5 Å². The Labute approximate surface area is 203 Å². The first kappa shape index (κ1) is 26.3. The van der Waals surface area contributed by atoms with Gasteiger partial charge in [-0.15, -0.1) is 0 Å². The van der Waals surface area contributed by atoms with E-state index in [0.29, 0.717) is 30.4 Å². The van der Waals surface area contributed by atoms with Gasteiger partial charge in [-0.1, -0.05) is 23.7 Å². The highest BCUT2D eigenvalue weighted by molar-refractivity contribution is 6.31. The lowest BCUT2D eigenvalue weighted by atomic mass is 9.77. The van der Waals surface area contributed by atoms with E-state index in [1.54, 1.807) is 30.6 Å². The molecule has 9 heteroatoms. The summed E-state index contributed by atoms with van der Waals surface area (Å²) in [6.45, 7) is 1.19. The van der Waals surface area contributed by atoms with Gasteiger partial charge in [0, 0.05) is 42.7 Å². The molecule has 2 atom stereocenters. The number of methoxy groups -OCH3 is 1. The van der Waals surface area contributed by atoms with Crippen molar-refractivity contribution < 1.29 is 22.7 Å². The van der Waals surface area contributed by atoms with Crippen LogP contribution in [0.1, 0.15) is 43.2 Å². The molecule has 1 aliphatic carbocycles. The minimum Gasteiger partial charge on any atom is -0.494 e. The molecule has 0 radical (unpaired) electrons. The number of pyridine rings is 1. The zero-order chi connectivity index (χ0) is 25.1. The van der Waals surface area contributed by atoms with Crippen LogP contribution in [-0.2, 0) is 11.2 Å². The number of carbonyl (C=O) groups is 1. The molecule has 0 unspecified atom stereocenters. The van der Waals surface area contributed by atoms with Gasteiger partial charge in [0.25, 0.3) is 5.92 Å². The van der Waals surface area contributed by atoms with E-state index in [9.17, 15) is 18.0 Å². The number of benzene rings is 1. The number of likely N-dealkylation sites (N-methyl/N-ethyl adjacent to an activating group) is 1. The molecule has 2 aromatic rings. The minimum atomic E-state index is -2.91. The van der Waals surface area contributed by atoms with E-state index in [-0.39, 0.29) is 35.7 Å². The van der Waals surface area contributed by atoms with Crippen molar-refractivity contribution in [2.45, 2.75) is 50.5 Å². The average Bonchev–Trinajstić information content (AvgIpc) is 3.60. The van der Waals surface area contributed by atoms with Gasteiger partial charge >= 0.3 is 0 Å². The van der Waals surface area contributed by atoms with Crippen molar-refractivity contribution in [2.75, 3.05) is 27.7 Å². The molecule has 0 aliphatic heterocycles. The maximum atomic E-state index is 14.5. The standard InChI is InChI=1S/C25H31ClF3N3O2/c1-24(28,29)25(9-10-25)19(17-6-5-11-30-14-17)13-21(33)31-15-18(32(2)3)12-16-7-8-20(34-4)23(27)22(16)26/h5-8,11,14,18-19H,9-10,12-13,15H2,1-4H3,(H,31,33)/t18-,19+/m0/s1. The maximum absolute atomic E-state index is 14.5. The lowest BCUT2D eigenvalue weighted by Gasteiger charge is -2.32. The molecule has 5 nitrogen and oxygen atoms in total. The van der Waals surface area contributed by atoms with Crippen molar-refractivity contribution in [1.82, 2.24) is 15.2 Å². The molecular weight excluding hydrogens is 467 g/mol. The highest BCUT2D eigenvalue weighted by Crippen LogP contribution is 2.65. The van der Waals surface area contributed by atoms with Gasteiger partial charge in [-0.25, -0.2) is 13.2 Å². The zero-order valence-corrected chi connectivity index (χ0v) is 20.6. The smallest absolute Gasteiger partial charge is 0.251 e. The number of halogens is 4. The van der Waals surface area contributed by atoms with Crippen LogP contribution in [0.15, 0.2) is 36.7 Å². The van der Waals surface area contributed by atoms with Crippen LogP contribution >= 0.6 is 11.6 Å². The lowest BCUT2D eigenvalue weighted by Crippen LogP contribution is -2.43. The van der Waals surface area contributed by atoms with E-state index in [1.165, 1.54) is 13.2 Å². The van der Waals surface area contributed by atoms with Gasteiger partial charge in [0.1, 0.15) is 0 Å². The fraction of sp³-hybridized carbons (Fsp3) is 0.520. The normalized spacial score (nSPS) is 16.7. The molecular formula is C25H31ClF3N3O2. The van der Waals surface area contributed by atoms with Crippen molar-refractivity contribution in [3.05, 3.63) is 58.6 Å². The molecule has 1 amide bonds. The Morgan fingerprint density at radius 1 is 1.32 bits per heavy atom. The molecule has 0 spiro atoms. The van der Waals surface area contributed by atoms with E-state index < -0.39 is 23.1 Å². The molecule has 0 bridgehead atoms. The summed E-state index contributed by atoms with van der Waals surface area (Å²) in [5.41, 5.74) is -0.00678. The highest BCUT2D eigenvalue weighted by Gasteiger charge is 2.63. The molecule has 1 N–H and O–H groups in total. The third-order valence-corrected chi connectivity index (χ3v) is 7.28. The van der Waals surface area contributed by atoms with Gasteiger partial charge in [0.05, 0.1) is 12.1 Å². The summed E-state index contributed by atoms with van der Waals surface area (Å²) in [4.78, 5) is 18.9. The second kappa shape index (κ2) is 10.5. The van der Waals surface area contributed by atoms with Crippen LogP contribution in [0.2, 0.25) is 5.02 Å². The monoisotopic (exact) mass is 497 g/mol. The van der Waals surface area contributed by atoms with Gasteiger partial charge in [0.2, 0.25) is 5.91 Å². The van der Waals surface area contributed by atoms with Crippen LogP contribution in [0, 0.1) is 11.2 Å². The molecule has 1 saturated carbocycles. The molecule has 186 valence electrons. The van der Waals surface area contributed by atoms with Gasteiger partial charge in [-0.2, -0.15) is 0 Å². The van der Waals surface area contributed by atoms with E-state index in [1.807, 2.05) is 19.0 Å². The molecule has 1 fully saturated rings. The van der Waals surface area contributed by atoms with Crippen molar-refractivity contribution in [3.63, 3.8) is 0 Å². The largest absolute Gasteiger partial charge is 0.494 e. The number of hydrogen-bond acceptors (Lipinski definition) is 4. The summed E-state index contributed by atoms with van der Waals surface area (Å²) in [7, 11) is 5.06. The van der Waals surface area contributed by atoms with Crippen molar-refractivity contribution in [1.29, 1.82) is 0 Å². The Balaban J connectivity index is 1.70. The Morgan fingerprint density at radius 2 is 2.03 bits per heavy atom. The molecule has 1 aromatic carbocycles. The molecule has 34 heavy (non-hydrogen) atoms. The number of amides is 1. The quantitative estimate of drug-likeness (QED) is 0.470. The summed E-state index contributed by atoms with van der Waals surface area (Å²) >= 11 is 6.19. The molecule has 1 aromatic heterocycles. The fourth-order valence-electron chi connectivity index (χ4n) is 4.51. The highest BCUT2D eigenvalue weighted by atomic mass is 35.5. The van der Waals surface area contributed by atoms with Gasteiger partial charge in [0.15, 0.2) is 11.6 Å². The van der Waals surface area contributed by atoms with E-state index >= 15 is 0 Å². The Hall–Kier alpha value is -2.32. The first-order valence-electron chi connectivity index (χ1n) is 11.2. The van der Waals surface area contributed by atoms with Crippen LogP contribution in [-0.4, -0.2) is 55.5 Å². The van der Waals surface area contributed by atoms with E-state index in [0.717, 1.165) is 6.92 Å². The Kier molecular flexibility index (Phi) is 8.14. The molecule has 0 saturated heterocycles. The number of nitrogens with one attached hydrogen (secondary N) is 1. The molecule has 1 heterocycles. The summed E-state index contributed by atoms with van der Waals surface area (Å²) in [5, 5.41) is 2.87. The first-order chi connectivity index (χ1) is 16.0. The number of ether oxygens (including phenoxy) is 1. The number of alkyl halides is 2. The Morgan fingerprint density at radius 3 is 2.56 bits per heavy atom. The predicted molar refractivity (Wildman–Crippen MR) is 126 cm³/mol. The van der Waals surface area contributed by atoms with Crippen LogP contribution in [0.25, 0.3) is 0 Å². The zero-order valence-electron chi connectivity index (χ0n) is 19.9. The Bertz CT molecular complexity index is 995. The van der Waals surface area contributed by atoms with Crippen LogP contribution in [0.4, 0.5) is 13.2 Å². The van der Waals surface area contributed by atoms with E-state index in [4.69, 9.17) is 16.3 Å². The topological polar surface area (TPSA) is 54.5 Å². The molecule has 1 aliphatic rings. The second-order valence-electron chi connectivity index (χ2n) is 9.27. The van der Waals surface area contributed by atoms with E-state index in [2.05, 4.69) is 10.3 Å². The summed E-state index contributed by atoms with van der Waals surface area (Å²) in [6, 6.07) is 6.47. The molecule has 3 rings (SSSR count). The van der Waals surface area contributed by atoms with Crippen molar-refractivity contribution in [2.24, 2.45) is 5.41 Å². The predicted octanol–water partition coefficient (Wildman–Crippen LogP) is 5.08. The first-order valence-corrected chi connectivity index (χ1v) is 11.6. The lowest BCUT2D eigenvalue weighted by molar-refractivity contribution is -0.123. The number of nitrogens with zero attached hydrogens (tertiary/aromatic N) is 2. The fourth-order valence-corrected chi connectivity index (χ4v) is 4.74. The SMILES string of the molecule is COc1ccc(C[C@@H](CNC(=O)C[C@H](c2cccnc2)C2(C(C)(F)F)CC2)N(C)C)c(Cl)c1F. The summed E-state index contributed by atoms with van der Waals surface area (Å²) in [6.07, 6.45) is 4.20. The summed E-state index contributed by atoms with van der Waals surface area (Å²) in [5.74, 6) is -4.42. The number of aromatic nitrogens is 1. The van der Waals surface area contributed by atoms with Crippen LogP contribution in [0.5, 0.6) is 5.75 Å². The maximum Gasteiger partial charge on any atom is 0.251 e. The third kappa shape index (κ3) is 5.66. The number of rotatable bonds is 11. The summed E-state index contributed by atoms with van der Waals surface area (Å²) < 4.78 is 48.3. The number of carbonyl (C=O) groups excluding carboxylic acids is 1. The van der Waals surface area contributed by atoms with Crippen molar-refractivity contribution >= 4 is 17.5 Å². The number of hydrogen-bond donors (Lipinski definition) is 1.